The summed E-state index contributed by atoms with van der Waals surface area (Å²) in [6.45, 7) is 3.70. The van der Waals surface area contributed by atoms with Crippen LogP contribution in [0.4, 0.5) is 10.8 Å². The Labute approximate surface area is 162 Å². The third-order valence-electron chi connectivity index (χ3n) is 4.42. The van der Waals surface area contributed by atoms with Crippen molar-refractivity contribution in [2.24, 2.45) is 0 Å². The van der Waals surface area contributed by atoms with Gasteiger partial charge in [-0.1, -0.05) is 29.0 Å². The molecular formula is C19H21N5S2. The van der Waals surface area contributed by atoms with Gasteiger partial charge in [0.05, 0.1) is 6.67 Å². The number of nitrogens with one attached hydrogen (secondary N) is 1. The number of aromatic nitrogens is 3. The van der Waals surface area contributed by atoms with E-state index in [1.165, 1.54) is 35.3 Å². The molecule has 0 bridgehead atoms. The molecular weight excluding hydrogens is 362 g/mol. The first-order valence-electron chi connectivity index (χ1n) is 8.72. The maximum Gasteiger partial charge on any atom is 0.209 e. The summed E-state index contributed by atoms with van der Waals surface area (Å²) in [5.74, 6) is 0. The molecule has 0 saturated heterocycles. The smallest absolute Gasteiger partial charge is 0.209 e. The second-order valence-electron chi connectivity index (χ2n) is 6.64. The van der Waals surface area contributed by atoms with Crippen molar-refractivity contribution in [3.63, 3.8) is 0 Å². The van der Waals surface area contributed by atoms with Crippen LogP contribution in [0.3, 0.4) is 0 Å². The molecule has 2 heterocycles. The molecule has 5 nitrogen and oxygen atoms in total. The van der Waals surface area contributed by atoms with Gasteiger partial charge < -0.3 is 5.32 Å². The third kappa shape index (κ3) is 4.35. The van der Waals surface area contributed by atoms with Crippen LogP contribution in [0.5, 0.6) is 0 Å². The predicted octanol–water partition coefficient (Wildman–Crippen LogP) is 4.74. The maximum atomic E-state index is 5.54. The highest BCUT2D eigenvalue weighted by Crippen LogP contribution is 2.29. The lowest BCUT2D eigenvalue weighted by Gasteiger charge is -2.21. The lowest BCUT2D eigenvalue weighted by atomic mass is 10.2. The first kappa shape index (κ1) is 17.3. The Balaban J connectivity index is 1.47. The zero-order chi connectivity index (χ0) is 17.9. The molecule has 1 saturated carbocycles. The number of benzene rings is 1. The summed E-state index contributed by atoms with van der Waals surface area (Å²) >= 11 is 7.05. The highest BCUT2D eigenvalue weighted by atomic mass is 32.1. The maximum absolute atomic E-state index is 5.54. The number of anilines is 2. The summed E-state index contributed by atoms with van der Waals surface area (Å²) in [6, 6.07) is 13.1. The van der Waals surface area contributed by atoms with E-state index in [1.54, 1.807) is 0 Å². The second-order valence-corrected chi connectivity index (χ2v) is 8.26. The SMILES string of the molecule is Cc1ccc(Nc2nn(CN(Cc3ccncc3)C3CC3)c(=S)s2)cc1. The zero-order valence-corrected chi connectivity index (χ0v) is 16.3. The van der Waals surface area contributed by atoms with E-state index in [9.17, 15) is 0 Å². The lowest BCUT2D eigenvalue weighted by Crippen LogP contribution is -2.28. The molecule has 2 aromatic heterocycles. The second kappa shape index (κ2) is 7.65. The van der Waals surface area contributed by atoms with E-state index in [-0.39, 0.29) is 0 Å². The number of nitrogens with zero attached hydrogens (tertiary/aromatic N) is 4. The number of rotatable bonds is 7. The van der Waals surface area contributed by atoms with Crippen LogP contribution < -0.4 is 5.32 Å². The van der Waals surface area contributed by atoms with Gasteiger partial charge in [0, 0.05) is 30.7 Å². The monoisotopic (exact) mass is 383 g/mol. The normalized spacial score (nSPS) is 13.9. The van der Waals surface area contributed by atoms with Gasteiger partial charge in [-0.05, 0) is 61.8 Å². The summed E-state index contributed by atoms with van der Waals surface area (Å²) in [5.41, 5.74) is 3.54. The lowest BCUT2D eigenvalue weighted by molar-refractivity contribution is 0.187. The first-order chi connectivity index (χ1) is 12.7. The molecule has 0 unspecified atom stereocenters. The minimum absolute atomic E-state index is 0.625. The molecule has 0 radical (unpaired) electrons. The standard InChI is InChI=1S/C19H21N5S2/c1-14-2-4-16(5-3-14)21-18-22-24(19(25)26-18)13-23(17-6-7-17)12-15-8-10-20-11-9-15/h2-5,8-11,17H,6-7,12-13H2,1H3,(H,21,22). The topological polar surface area (TPSA) is 46.0 Å². The molecule has 3 aromatic rings. The Morgan fingerprint density at radius 1 is 1.19 bits per heavy atom. The fraction of sp³-hybridized carbons (Fsp3) is 0.316. The van der Waals surface area contributed by atoms with Crippen molar-refractivity contribution in [1.82, 2.24) is 19.7 Å². The van der Waals surface area contributed by atoms with Crippen LogP contribution in [0.2, 0.25) is 0 Å². The Morgan fingerprint density at radius 2 is 1.92 bits per heavy atom. The van der Waals surface area contributed by atoms with Crippen LogP contribution >= 0.6 is 23.6 Å². The van der Waals surface area contributed by atoms with Crippen molar-refractivity contribution in [1.29, 1.82) is 0 Å². The van der Waals surface area contributed by atoms with Crippen LogP contribution in [-0.4, -0.2) is 25.7 Å². The number of hydrogen-bond acceptors (Lipinski definition) is 6. The molecule has 0 spiro atoms. The number of pyridine rings is 1. The van der Waals surface area contributed by atoms with Gasteiger partial charge in [0.25, 0.3) is 0 Å². The summed E-state index contributed by atoms with van der Waals surface area (Å²) < 4.78 is 2.72. The Bertz CT molecular complexity index is 913. The van der Waals surface area contributed by atoms with Crippen LogP contribution in [0.15, 0.2) is 48.8 Å². The van der Waals surface area contributed by atoms with Gasteiger partial charge in [0.1, 0.15) is 0 Å². The van der Waals surface area contributed by atoms with Crippen LogP contribution in [-0.2, 0) is 13.2 Å². The van der Waals surface area contributed by atoms with Gasteiger partial charge >= 0.3 is 0 Å². The molecule has 134 valence electrons. The highest BCUT2D eigenvalue weighted by molar-refractivity contribution is 7.73. The minimum Gasteiger partial charge on any atom is -0.330 e. The Hall–Kier alpha value is -2.09. The summed E-state index contributed by atoms with van der Waals surface area (Å²) in [6.07, 6.45) is 6.19. The Morgan fingerprint density at radius 3 is 2.62 bits per heavy atom. The van der Waals surface area contributed by atoms with Crippen molar-refractivity contribution < 1.29 is 0 Å². The van der Waals surface area contributed by atoms with E-state index in [0.29, 0.717) is 6.04 Å². The van der Waals surface area contributed by atoms with Crippen LogP contribution in [0.25, 0.3) is 0 Å². The van der Waals surface area contributed by atoms with E-state index < -0.39 is 0 Å². The molecule has 7 heteroatoms. The van der Waals surface area contributed by atoms with Gasteiger partial charge in [-0.3, -0.25) is 9.88 Å². The van der Waals surface area contributed by atoms with Gasteiger partial charge in [-0.2, -0.15) is 0 Å². The Kier molecular flexibility index (Phi) is 5.10. The molecule has 26 heavy (non-hydrogen) atoms. The third-order valence-corrected chi connectivity index (χ3v) is 5.65. The first-order valence-corrected chi connectivity index (χ1v) is 9.94. The molecule has 0 aliphatic heterocycles. The van der Waals surface area contributed by atoms with Crippen LogP contribution in [0, 0.1) is 10.9 Å². The molecule has 4 rings (SSSR count). The van der Waals surface area contributed by atoms with Gasteiger partial charge in [-0.15, -0.1) is 5.10 Å². The van der Waals surface area contributed by atoms with Crippen LogP contribution in [0.1, 0.15) is 24.0 Å². The van der Waals surface area contributed by atoms with Crippen molar-refractivity contribution in [2.45, 2.75) is 39.0 Å². The summed E-state index contributed by atoms with van der Waals surface area (Å²) in [4.78, 5) is 6.55. The van der Waals surface area contributed by atoms with Crippen molar-refractivity contribution in [3.8, 4) is 0 Å². The largest absolute Gasteiger partial charge is 0.330 e. The van der Waals surface area contributed by atoms with E-state index >= 15 is 0 Å². The van der Waals surface area contributed by atoms with Crippen molar-refractivity contribution in [2.75, 3.05) is 5.32 Å². The quantitative estimate of drug-likeness (QED) is 0.597. The molecule has 0 atom stereocenters. The molecule has 1 aromatic carbocycles. The van der Waals surface area contributed by atoms with E-state index in [2.05, 4.69) is 63.6 Å². The number of aryl methyl sites for hydroxylation is 1. The van der Waals surface area contributed by atoms with E-state index in [1.807, 2.05) is 17.1 Å². The fourth-order valence-corrected chi connectivity index (χ4v) is 3.85. The number of hydrogen-bond donors (Lipinski definition) is 1. The van der Waals surface area contributed by atoms with Gasteiger partial charge in [-0.25, -0.2) is 4.68 Å². The average Bonchev–Trinajstić information content (AvgIpc) is 3.43. The van der Waals surface area contributed by atoms with E-state index in [0.717, 1.165) is 28.0 Å². The molecule has 1 fully saturated rings. The fourth-order valence-electron chi connectivity index (χ4n) is 2.84. The zero-order valence-electron chi connectivity index (χ0n) is 14.6. The average molecular weight is 384 g/mol. The molecule has 1 aliphatic rings. The van der Waals surface area contributed by atoms with Gasteiger partial charge in [0.2, 0.25) is 5.13 Å². The molecule has 1 N–H and O–H groups in total. The van der Waals surface area contributed by atoms with Crippen molar-refractivity contribution >= 4 is 34.4 Å². The molecule has 0 amide bonds. The van der Waals surface area contributed by atoms with Gasteiger partial charge in [0.15, 0.2) is 3.95 Å². The summed E-state index contributed by atoms with van der Waals surface area (Å²) in [5, 5.41) is 8.87. The summed E-state index contributed by atoms with van der Waals surface area (Å²) in [7, 11) is 0. The van der Waals surface area contributed by atoms with E-state index in [4.69, 9.17) is 12.2 Å². The predicted molar refractivity (Wildman–Crippen MR) is 108 cm³/mol. The highest BCUT2D eigenvalue weighted by Gasteiger charge is 2.29. The molecule has 1 aliphatic carbocycles. The minimum atomic E-state index is 0.625. The van der Waals surface area contributed by atoms with Crippen molar-refractivity contribution in [3.05, 3.63) is 63.9 Å².